The van der Waals surface area contributed by atoms with E-state index in [1.807, 2.05) is 36.4 Å². The number of carbonyl (C=O) groups is 4. The van der Waals surface area contributed by atoms with Gasteiger partial charge in [0.05, 0.1) is 12.6 Å². The molecule has 2 aromatic carbocycles. The van der Waals surface area contributed by atoms with Gasteiger partial charge >= 0.3 is 11.9 Å². The molecule has 1 unspecified atom stereocenters. The number of thioether (sulfide) groups is 1. The van der Waals surface area contributed by atoms with Gasteiger partial charge in [0, 0.05) is 17.9 Å². The maximum atomic E-state index is 13.6. The zero-order valence-electron chi connectivity index (χ0n) is 29.4. The molecule has 0 heterocycles. The number of nitrogens with two attached hydrogens (primary N) is 1. The van der Waals surface area contributed by atoms with E-state index < -0.39 is 41.9 Å². The highest BCUT2D eigenvalue weighted by atomic mass is 32.2. The normalized spacial score (nSPS) is 12.9. The molecule has 0 aromatic heterocycles. The van der Waals surface area contributed by atoms with Gasteiger partial charge in [-0.3, -0.25) is 14.4 Å². The van der Waals surface area contributed by atoms with Crippen LogP contribution in [0.2, 0.25) is 0 Å². The standard InChI is InChI=1S/C39H59N3O6S/c1-2-3-4-5-6-7-8-9-10-11-12-13-14-21-28-48-39(47)36(32-24-19-16-20-25-32)42-38(46)34(30-49-29-31-22-17-15-18-23-31)41-37(45)33(40)26-27-35(43)44/h15-20,22-25,33-34,36H,2-14,21,26-30,40H2,1H3,(H,41,45)(H,42,46)(H,43,44)/t33-,34-,36?/m0/s1. The summed E-state index contributed by atoms with van der Waals surface area (Å²) in [5, 5.41) is 14.5. The second kappa shape index (κ2) is 26.5. The minimum absolute atomic E-state index is 0.0646. The number of hydrogen-bond donors (Lipinski definition) is 4. The zero-order chi connectivity index (χ0) is 35.5. The number of aliphatic carboxylic acids is 1. The van der Waals surface area contributed by atoms with Crippen LogP contribution >= 0.6 is 11.8 Å². The van der Waals surface area contributed by atoms with Crippen molar-refractivity contribution >= 4 is 35.5 Å². The maximum Gasteiger partial charge on any atom is 0.333 e. The predicted molar refractivity (Wildman–Crippen MR) is 198 cm³/mol. The quantitative estimate of drug-likeness (QED) is 0.0529. The van der Waals surface area contributed by atoms with Crippen LogP contribution in [0.4, 0.5) is 0 Å². The monoisotopic (exact) mass is 697 g/mol. The molecular formula is C39H59N3O6S. The number of ether oxygens (including phenoxy) is 1. The van der Waals surface area contributed by atoms with Crippen LogP contribution < -0.4 is 16.4 Å². The summed E-state index contributed by atoms with van der Waals surface area (Å²) in [6.07, 6.45) is 17.0. The van der Waals surface area contributed by atoms with E-state index in [1.54, 1.807) is 24.3 Å². The molecule has 272 valence electrons. The largest absolute Gasteiger partial charge is 0.481 e. The molecule has 9 nitrogen and oxygen atoms in total. The van der Waals surface area contributed by atoms with Crippen molar-refractivity contribution in [3.8, 4) is 0 Å². The molecule has 49 heavy (non-hydrogen) atoms. The fourth-order valence-electron chi connectivity index (χ4n) is 5.46. The number of benzene rings is 2. The lowest BCUT2D eigenvalue weighted by atomic mass is 10.0. The smallest absolute Gasteiger partial charge is 0.333 e. The van der Waals surface area contributed by atoms with Gasteiger partial charge in [0.1, 0.15) is 6.04 Å². The Morgan fingerprint density at radius 3 is 1.82 bits per heavy atom. The second-order valence-electron chi connectivity index (χ2n) is 12.7. The molecule has 0 aliphatic heterocycles. The van der Waals surface area contributed by atoms with Crippen molar-refractivity contribution in [1.82, 2.24) is 10.6 Å². The first kappa shape index (κ1) is 41.8. The van der Waals surface area contributed by atoms with Crippen molar-refractivity contribution in [2.75, 3.05) is 12.4 Å². The molecule has 5 N–H and O–H groups in total. The highest BCUT2D eigenvalue weighted by molar-refractivity contribution is 7.98. The molecule has 0 saturated carbocycles. The SMILES string of the molecule is CCCCCCCCCCCCCCCCOC(=O)C(NC(=O)[C@H](CSCc1ccccc1)NC(=O)[C@@H](N)CCC(=O)O)c1ccccc1. The van der Waals surface area contributed by atoms with Crippen molar-refractivity contribution in [2.24, 2.45) is 5.73 Å². The number of carboxylic acid groups (broad SMARTS) is 1. The van der Waals surface area contributed by atoms with E-state index in [4.69, 9.17) is 15.6 Å². The summed E-state index contributed by atoms with van der Waals surface area (Å²) in [6, 6.07) is 15.5. The fourth-order valence-corrected chi connectivity index (χ4v) is 6.48. The lowest BCUT2D eigenvalue weighted by Crippen LogP contribution is -2.54. The third-order valence-electron chi connectivity index (χ3n) is 8.43. The van der Waals surface area contributed by atoms with Crippen LogP contribution in [0.25, 0.3) is 0 Å². The van der Waals surface area contributed by atoms with Gasteiger partial charge in [-0.25, -0.2) is 4.79 Å². The molecule has 3 atom stereocenters. The molecule has 0 bridgehead atoms. The van der Waals surface area contributed by atoms with E-state index in [0.29, 0.717) is 11.3 Å². The van der Waals surface area contributed by atoms with Crippen LogP contribution in [-0.4, -0.2) is 53.3 Å². The molecule has 2 aromatic rings. The summed E-state index contributed by atoms with van der Waals surface area (Å²) >= 11 is 1.45. The highest BCUT2D eigenvalue weighted by Crippen LogP contribution is 2.18. The first-order valence-corrected chi connectivity index (χ1v) is 19.4. The topological polar surface area (TPSA) is 148 Å². The number of amides is 2. The molecule has 2 rings (SSSR count). The number of carboxylic acids is 1. The molecular weight excluding hydrogens is 639 g/mol. The summed E-state index contributed by atoms with van der Waals surface area (Å²) in [6.45, 7) is 2.52. The molecule has 0 spiro atoms. The lowest BCUT2D eigenvalue weighted by Gasteiger charge is -2.24. The fraction of sp³-hybridized carbons (Fsp3) is 0.590. The Labute approximate surface area is 297 Å². The average Bonchev–Trinajstić information content (AvgIpc) is 3.11. The number of unbranched alkanes of at least 4 members (excludes halogenated alkanes) is 13. The minimum atomic E-state index is -1.09. The van der Waals surface area contributed by atoms with Crippen LogP contribution in [0.3, 0.4) is 0 Å². The van der Waals surface area contributed by atoms with E-state index in [9.17, 15) is 19.2 Å². The van der Waals surface area contributed by atoms with Crippen molar-refractivity contribution in [1.29, 1.82) is 0 Å². The van der Waals surface area contributed by atoms with Crippen molar-refractivity contribution < 1.29 is 29.0 Å². The Hall–Kier alpha value is -3.37. The van der Waals surface area contributed by atoms with E-state index in [0.717, 1.165) is 24.8 Å². The van der Waals surface area contributed by atoms with E-state index >= 15 is 0 Å². The zero-order valence-corrected chi connectivity index (χ0v) is 30.2. The molecule has 10 heteroatoms. The Kier molecular flexibility index (Phi) is 22.6. The summed E-state index contributed by atoms with van der Waals surface area (Å²) < 4.78 is 5.64. The number of rotatable bonds is 28. The van der Waals surface area contributed by atoms with Crippen LogP contribution in [0, 0.1) is 0 Å². The molecule has 0 radical (unpaired) electrons. The van der Waals surface area contributed by atoms with E-state index in [-0.39, 0.29) is 25.2 Å². The molecule has 0 fully saturated rings. The number of hydrogen-bond acceptors (Lipinski definition) is 7. The predicted octanol–water partition coefficient (Wildman–Crippen LogP) is 7.48. The van der Waals surface area contributed by atoms with Crippen LogP contribution in [0.1, 0.15) is 127 Å². The van der Waals surface area contributed by atoms with Gasteiger partial charge < -0.3 is 26.2 Å². The average molecular weight is 698 g/mol. The van der Waals surface area contributed by atoms with Gasteiger partial charge in [-0.05, 0) is 24.0 Å². The lowest BCUT2D eigenvalue weighted by molar-refractivity contribution is -0.148. The van der Waals surface area contributed by atoms with Crippen molar-refractivity contribution in [2.45, 2.75) is 134 Å². The minimum Gasteiger partial charge on any atom is -0.481 e. The van der Waals surface area contributed by atoms with E-state index in [2.05, 4.69) is 17.6 Å². The van der Waals surface area contributed by atoms with Gasteiger partial charge in [0.25, 0.3) is 0 Å². The Morgan fingerprint density at radius 1 is 0.735 bits per heavy atom. The molecule has 2 amide bonds. The Morgan fingerprint density at radius 2 is 1.27 bits per heavy atom. The first-order chi connectivity index (χ1) is 23.8. The third-order valence-corrected chi connectivity index (χ3v) is 9.54. The summed E-state index contributed by atoms with van der Waals surface area (Å²) in [5.74, 6) is -1.98. The summed E-state index contributed by atoms with van der Waals surface area (Å²) in [7, 11) is 0. The van der Waals surface area contributed by atoms with Crippen LogP contribution in [0.5, 0.6) is 0 Å². The first-order valence-electron chi connectivity index (χ1n) is 18.2. The van der Waals surface area contributed by atoms with Crippen LogP contribution in [0.15, 0.2) is 60.7 Å². The van der Waals surface area contributed by atoms with E-state index in [1.165, 1.54) is 82.4 Å². The van der Waals surface area contributed by atoms with Crippen LogP contribution in [-0.2, 0) is 29.7 Å². The van der Waals surface area contributed by atoms with Crippen molar-refractivity contribution in [3.05, 3.63) is 71.8 Å². The maximum absolute atomic E-state index is 13.6. The summed E-state index contributed by atoms with van der Waals surface area (Å²) in [4.78, 5) is 50.8. The van der Waals surface area contributed by atoms with Crippen molar-refractivity contribution in [3.63, 3.8) is 0 Å². The summed E-state index contributed by atoms with van der Waals surface area (Å²) in [5.41, 5.74) is 7.57. The van der Waals surface area contributed by atoms with Gasteiger partial charge in [-0.15, -0.1) is 0 Å². The number of nitrogens with one attached hydrogen (secondary N) is 2. The molecule has 0 saturated heterocycles. The third kappa shape index (κ3) is 19.4. The Balaban J connectivity index is 1.86. The molecule has 0 aliphatic rings. The molecule has 0 aliphatic carbocycles. The number of esters is 1. The van der Waals surface area contributed by atoms with Gasteiger partial charge in [-0.2, -0.15) is 11.8 Å². The second-order valence-corrected chi connectivity index (χ2v) is 13.7. The number of carbonyl (C=O) groups excluding carboxylic acids is 3. The van der Waals surface area contributed by atoms with Gasteiger partial charge in [0.2, 0.25) is 11.8 Å². The van der Waals surface area contributed by atoms with Gasteiger partial charge in [-0.1, -0.05) is 151 Å². The van der Waals surface area contributed by atoms with Gasteiger partial charge in [0.15, 0.2) is 6.04 Å². The Bertz CT molecular complexity index is 1200. The highest BCUT2D eigenvalue weighted by Gasteiger charge is 2.30.